The molecular weight excluding hydrogens is 275 g/mol. The van der Waals surface area contributed by atoms with Gasteiger partial charge in [0.05, 0.1) is 0 Å². The van der Waals surface area contributed by atoms with E-state index in [1.165, 1.54) is 12.1 Å². The van der Waals surface area contributed by atoms with Crippen molar-refractivity contribution in [3.05, 3.63) is 46.6 Å². The quantitative estimate of drug-likeness (QED) is 0.936. The topological polar surface area (TPSA) is 72.3 Å². The lowest BCUT2D eigenvalue weighted by Gasteiger charge is -2.08. The van der Waals surface area contributed by atoms with E-state index in [0.717, 1.165) is 12.3 Å². The van der Waals surface area contributed by atoms with Gasteiger partial charge in [0.1, 0.15) is 11.4 Å². The maximum Gasteiger partial charge on any atom is 0.342 e. The number of carbonyl (C=O) groups is 1. The molecule has 1 N–H and O–H groups in total. The first kappa shape index (κ1) is 13.2. The fraction of sp³-hybridized carbons (Fsp3) is 0.0833. The first-order chi connectivity index (χ1) is 8.97. The van der Waals surface area contributed by atoms with Crippen LogP contribution in [0, 0.1) is 12.7 Å². The predicted molar refractivity (Wildman–Crippen MR) is 65.2 cm³/mol. The summed E-state index contributed by atoms with van der Waals surface area (Å²) in [5, 5.41) is 9.18. The van der Waals surface area contributed by atoms with Gasteiger partial charge in [-0.15, -0.1) is 0 Å². The van der Waals surface area contributed by atoms with Crippen molar-refractivity contribution in [2.75, 3.05) is 0 Å². The maximum atomic E-state index is 13.6. The molecule has 5 nitrogen and oxygen atoms in total. The lowest BCUT2D eigenvalue weighted by atomic mass is 10.3. The molecule has 0 aliphatic rings. The van der Waals surface area contributed by atoms with Crippen molar-refractivity contribution in [1.29, 1.82) is 0 Å². The van der Waals surface area contributed by atoms with E-state index in [0.29, 0.717) is 5.82 Å². The molecule has 2 aromatic rings. The molecule has 0 aliphatic heterocycles. The maximum absolute atomic E-state index is 13.6. The summed E-state index contributed by atoms with van der Waals surface area (Å²) in [5.74, 6) is -2.04. The number of carboxylic acid groups (broad SMARTS) is 1. The molecular formula is C12H8ClFN2O3. The number of aryl methyl sites for hydroxylation is 1. The van der Waals surface area contributed by atoms with Crippen LogP contribution >= 0.6 is 11.6 Å². The Kier molecular flexibility index (Phi) is 3.62. The summed E-state index contributed by atoms with van der Waals surface area (Å²) in [6, 6.07) is 3.78. The highest BCUT2D eigenvalue weighted by atomic mass is 35.5. The van der Waals surface area contributed by atoms with Crippen molar-refractivity contribution in [3.63, 3.8) is 0 Å². The number of halogens is 2. The second-order valence-corrected chi connectivity index (χ2v) is 4.05. The van der Waals surface area contributed by atoms with Crippen LogP contribution in [0.3, 0.4) is 0 Å². The summed E-state index contributed by atoms with van der Waals surface area (Å²) < 4.78 is 18.7. The molecule has 2 rings (SSSR count). The minimum Gasteiger partial charge on any atom is -0.477 e. The normalized spacial score (nSPS) is 10.3. The first-order valence-electron chi connectivity index (χ1n) is 5.17. The van der Waals surface area contributed by atoms with Gasteiger partial charge in [-0.2, -0.15) is 4.98 Å². The molecule has 1 aromatic heterocycles. The molecule has 0 bridgehead atoms. The standard InChI is InChI=1S/C12H8ClFN2O3/c1-6-15-5-8(12(17)18)11(16-6)19-10-3-2-7(13)4-9(10)14/h2-5H,1H3,(H,17,18). The van der Waals surface area contributed by atoms with Crippen molar-refractivity contribution < 1.29 is 19.0 Å². The number of aromatic nitrogens is 2. The summed E-state index contributed by atoms with van der Waals surface area (Å²) in [6.45, 7) is 1.57. The van der Waals surface area contributed by atoms with Gasteiger partial charge >= 0.3 is 5.97 Å². The van der Waals surface area contributed by atoms with Crippen molar-refractivity contribution in [1.82, 2.24) is 9.97 Å². The molecule has 0 saturated carbocycles. The second-order valence-electron chi connectivity index (χ2n) is 3.62. The number of aromatic carboxylic acids is 1. The Hall–Kier alpha value is -2.21. The summed E-state index contributed by atoms with van der Waals surface area (Å²) >= 11 is 5.61. The molecule has 1 aromatic carbocycles. The number of benzene rings is 1. The molecule has 0 saturated heterocycles. The number of nitrogens with zero attached hydrogens (tertiary/aromatic N) is 2. The van der Waals surface area contributed by atoms with Crippen LogP contribution in [-0.4, -0.2) is 21.0 Å². The fourth-order valence-corrected chi connectivity index (χ4v) is 1.49. The van der Waals surface area contributed by atoms with Crippen LogP contribution in [0.25, 0.3) is 0 Å². The van der Waals surface area contributed by atoms with E-state index >= 15 is 0 Å². The smallest absolute Gasteiger partial charge is 0.342 e. The van der Waals surface area contributed by atoms with Crippen molar-refractivity contribution in [2.45, 2.75) is 6.92 Å². The summed E-state index contributed by atoms with van der Waals surface area (Å²) in [7, 11) is 0. The van der Waals surface area contributed by atoms with Gasteiger partial charge in [0.15, 0.2) is 11.6 Å². The van der Waals surface area contributed by atoms with Crippen molar-refractivity contribution >= 4 is 17.6 Å². The molecule has 1 heterocycles. The van der Waals surface area contributed by atoms with Crippen LogP contribution in [0.2, 0.25) is 5.02 Å². The number of ether oxygens (including phenoxy) is 1. The van der Waals surface area contributed by atoms with Crippen LogP contribution in [0.15, 0.2) is 24.4 Å². The fourth-order valence-electron chi connectivity index (χ4n) is 1.34. The SMILES string of the molecule is Cc1ncc(C(=O)O)c(Oc2ccc(Cl)cc2F)n1. The lowest BCUT2D eigenvalue weighted by molar-refractivity contribution is 0.0692. The molecule has 98 valence electrons. The monoisotopic (exact) mass is 282 g/mol. The third-order valence-electron chi connectivity index (χ3n) is 2.21. The Morgan fingerprint density at radius 1 is 1.47 bits per heavy atom. The van der Waals surface area contributed by atoms with E-state index in [2.05, 4.69) is 9.97 Å². The number of hydrogen-bond acceptors (Lipinski definition) is 4. The molecule has 0 unspecified atom stereocenters. The number of hydrogen-bond donors (Lipinski definition) is 1. The highest BCUT2D eigenvalue weighted by Crippen LogP contribution is 2.27. The van der Waals surface area contributed by atoms with E-state index in [-0.39, 0.29) is 22.2 Å². The average Bonchev–Trinajstić information content (AvgIpc) is 2.32. The van der Waals surface area contributed by atoms with E-state index in [4.69, 9.17) is 21.4 Å². The Balaban J connectivity index is 2.42. The molecule has 0 fully saturated rings. The number of rotatable bonds is 3. The summed E-state index contributed by atoms with van der Waals surface area (Å²) in [4.78, 5) is 18.6. The van der Waals surface area contributed by atoms with Crippen molar-refractivity contribution in [3.8, 4) is 11.6 Å². The molecule has 7 heteroatoms. The Labute approximate surface area is 112 Å². The average molecular weight is 283 g/mol. The molecule has 0 amide bonds. The summed E-state index contributed by atoms with van der Waals surface area (Å²) in [5.41, 5.74) is -0.250. The highest BCUT2D eigenvalue weighted by Gasteiger charge is 2.16. The molecule has 0 atom stereocenters. The van der Waals surface area contributed by atoms with Gasteiger partial charge in [0.25, 0.3) is 0 Å². The molecule has 0 spiro atoms. The van der Waals surface area contributed by atoms with Gasteiger partial charge in [0, 0.05) is 11.2 Å². The Morgan fingerprint density at radius 3 is 2.84 bits per heavy atom. The van der Waals surface area contributed by atoms with Crippen LogP contribution in [-0.2, 0) is 0 Å². The lowest BCUT2D eigenvalue weighted by Crippen LogP contribution is -2.05. The van der Waals surface area contributed by atoms with Crippen LogP contribution in [0.4, 0.5) is 4.39 Å². The van der Waals surface area contributed by atoms with Gasteiger partial charge in [-0.3, -0.25) is 0 Å². The van der Waals surface area contributed by atoms with Gasteiger partial charge in [-0.1, -0.05) is 11.6 Å². The van der Waals surface area contributed by atoms with E-state index in [1.54, 1.807) is 6.92 Å². The highest BCUT2D eigenvalue weighted by molar-refractivity contribution is 6.30. The largest absolute Gasteiger partial charge is 0.477 e. The Bertz CT molecular complexity index is 649. The summed E-state index contributed by atoms with van der Waals surface area (Å²) in [6.07, 6.45) is 1.10. The third-order valence-corrected chi connectivity index (χ3v) is 2.44. The van der Waals surface area contributed by atoms with Gasteiger partial charge in [-0.25, -0.2) is 14.2 Å². The predicted octanol–water partition coefficient (Wildman–Crippen LogP) is 3.07. The Morgan fingerprint density at radius 2 is 2.21 bits per heavy atom. The third kappa shape index (κ3) is 2.97. The minimum atomic E-state index is -1.26. The first-order valence-corrected chi connectivity index (χ1v) is 5.55. The molecule has 0 aliphatic carbocycles. The number of carboxylic acids is 1. The zero-order valence-electron chi connectivity index (χ0n) is 9.72. The van der Waals surface area contributed by atoms with Gasteiger partial charge in [0.2, 0.25) is 5.88 Å². The van der Waals surface area contributed by atoms with Gasteiger partial charge < -0.3 is 9.84 Å². The van der Waals surface area contributed by atoms with E-state index < -0.39 is 11.8 Å². The van der Waals surface area contributed by atoms with E-state index in [1.807, 2.05) is 0 Å². The van der Waals surface area contributed by atoms with Crippen molar-refractivity contribution in [2.24, 2.45) is 0 Å². The molecule has 0 radical (unpaired) electrons. The van der Waals surface area contributed by atoms with Crippen LogP contribution in [0.1, 0.15) is 16.2 Å². The van der Waals surface area contributed by atoms with Crippen LogP contribution in [0.5, 0.6) is 11.6 Å². The van der Waals surface area contributed by atoms with Crippen LogP contribution < -0.4 is 4.74 Å². The zero-order chi connectivity index (χ0) is 14.0. The zero-order valence-corrected chi connectivity index (χ0v) is 10.5. The second kappa shape index (κ2) is 5.19. The minimum absolute atomic E-state index is 0.162. The van der Waals surface area contributed by atoms with E-state index in [9.17, 15) is 9.18 Å². The molecule has 19 heavy (non-hydrogen) atoms. The van der Waals surface area contributed by atoms with Gasteiger partial charge in [-0.05, 0) is 25.1 Å².